The van der Waals surface area contributed by atoms with E-state index in [1.807, 2.05) is 0 Å². The van der Waals surface area contributed by atoms with Crippen molar-refractivity contribution >= 4 is 17.2 Å². The molecule has 0 fully saturated rings. The van der Waals surface area contributed by atoms with Crippen molar-refractivity contribution in [3.8, 4) is 5.75 Å². The quantitative estimate of drug-likeness (QED) is 0.824. The molecule has 1 N–H and O–H groups in total. The number of rotatable bonds is 2. The number of carbonyl (C=O) groups is 1. The lowest BCUT2D eigenvalue weighted by Crippen LogP contribution is -2.07. The maximum Gasteiger partial charge on any atom is 0.420 e. The van der Waals surface area contributed by atoms with E-state index in [4.69, 9.17) is 4.74 Å². The van der Waals surface area contributed by atoms with Crippen molar-refractivity contribution in [3.05, 3.63) is 29.5 Å². The third-order valence-electron chi connectivity index (χ3n) is 2.47. The van der Waals surface area contributed by atoms with E-state index in [0.29, 0.717) is 17.2 Å². The number of hydrogen-bond donors (Lipinski definition) is 1. The van der Waals surface area contributed by atoms with E-state index < -0.39 is 11.7 Å². The number of aromatic nitrogens is 1. The molecule has 1 aromatic heterocycles. The lowest BCUT2D eigenvalue weighted by molar-refractivity contribution is -0.138. The summed E-state index contributed by atoms with van der Waals surface area (Å²) in [7, 11) is 1.16. The highest BCUT2D eigenvalue weighted by Crippen LogP contribution is 2.38. The van der Waals surface area contributed by atoms with Gasteiger partial charge in [0.25, 0.3) is 0 Å². The van der Waals surface area contributed by atoms with Crippen LogP contribution < -0.4 is 4.74 Å². The van der Waals surface area contributed by atoms with Crippen molar-refractivity contribution in [2.45, 2.75) is 6.18 Å². The third kappa shape index (κ3) is 1.86. The van der Waals surface area contributed by atoms with Crippen molar-refractivity contribution in [1.29, 1.82) is 0 Å². The number of ether oxygens (including phenoxy) is 1. The predicted octanol–water partition coefficient (Wildman–Crippen LogP) is 3.01. The highest BCUT2D eigenvalue weighted by molar-refractivity contribution is 5.98. The van der Waals surface area contributed by atoms with E-state index >= 15 is 0 Å². The van der Waals surface area contributed by atoms with Crippen LogP contribution in [0, 0.1) is 0 Å². The number of H-pyrrole nitrogens is 1. The minimum atomic E-state index is -4.49. The number of halogens is 3. The molecule has 90 valence electrons. The number of methoxy groups -OCH3 is 1. The lowest BCUT2D eigenvalue weighted by atomic mass is 10.1. The molecule has 0 atom stereocenters. The molecule has 3 nitrogen and oxygen atoms in total. The minimum Gasteiger partial charge on any atom is -0.496 e. The molecule has 1 heterocycles. The summed E-state index contributed by atoms with van der Waals surface area (Å²) in [5.41, 5.74) is -0.320. The average molecular weight is 243 g/mol. The first kappa shape index (κ1) is 11.5. The second-order valence-electron chi connectivity index (χ2n) is 3.46. The van der Waals surface area contributed by atoms with Crippen molar-refractivity contribution in [1.82, 2.24) is 4.98 Å². The summed E-state index contributed by atoms with van der Waals surface area (Å²) in [6, 6.07) is 2.14. The summed E-state index contributed by atoms with van der Waals surface area (Å²) in [4.78, 5) is 13.3. The van der Waals surface area contributed by atoms with Crippen LogP contribution in [0.3, 0.4) is 0 Å². The van der Waals surface area contributed by atoms with Gasteiger partial charge in [-0.05, 0) is 12.1 Å². The largest absolute Gasteiger partial charge is 0.496 e. The maximum absolute atomic E-state index is 12.7. The number of aldehydes is 1. The summed E-state index contributed by atoms with van der Waals surface area (Å²) >= 11 is 0. The zero-order valence-corrected chi connectivity index (χ0v) is 8.76. The molecule has 2 rings (SSSR count). The fraction of sp³-hybridized carbons (Fsp3) is 0.182. The second kappa shape index (κ2) is 3.80. The number of nitrogens with one attached hydrogen (secondary N) is 1. The predicted molar refractivity (Wildman–Crippen MR) is 55.2 cm³/mol. The van der Waals surface area contributed by atoms with Gasteiger partial charge in [-0.2, -0.15) is 13.2 Å². The number of alkyl halides is 3. The van der Waals surface area contributed by atoms with Crippen LogP contribution in [0.4, 0.5) is 13.2 Å². The average Bonchev–Trinajstić information content (AvgIpc) is 2.68. The highest BCUT2D eigenvalue weighted by Gasteiger charge is 2.34. The van der Waals surface area contributed by atoms with Crippen molar-refractivity contribution in [3.63, 3.8) is 0 Å². The molecular formula is C11H8F3NO2. The molecule has 0 saturated heterocycles. The normalized spacial score (nSPS) is 11.8. The second-order valence-corrected chi connectivity index (χ2v) is 3.46. The van der Waals surface area contributed by atoms with Crippen LogP contribution in [-0.4, -0.2) is 18.4 Å². The Morgan fingerprint density at radius 1 is 1.35 bits per heavy atom. The van der Waals surface area contributed by atoms with E-state index in [-0.39, 0.29) is 11.3 Å². The van der Waals surface area contributed by atoms with E-state index in [1.54, 1.807) is 0 Å². The Bertz CT molecular complexity index is 572. The Labute approximate surface area is 94.2 Å². The van der Waals surface area contributed by atoms with Crippen molar-refractivity contribution < 1.29 is 22.7 Å². The maximum atomic E-state index is 12.7. The Kier molecular flexibility index (Phi) is 2.57. The number of benzene rings is 1. The zero-order chi connectivity index (χ0) is 12.6. The third-order valence-corrected chi connectivity index (χ3v) is 2.47. The van der Waals surface area contributed by atoms with Gasteiger partial charge in [-0.3, -0.25) is 4.79 Å². The van der Waals surface area contributed by atoms with E-state index in [2.05, 4.69) is 4.98 Å². The topological polar surface area (TPSA) is 42.1 Å². The van der Waals surface area contributed by atoms with E-state index in [1.165, 1.54) is 12.3 Å². The lowest BCUT2D eigenvalue weighted by Gasteiger charge is -2.11. The fourth-order valence-corrected chi connectivity index (χ4v) is 1.66. The van der Waals surface area contributed by atoms with Crippen LogP contribution in [0.15, 0.2) is 18.3 Å². The number of aromatic amines is 1. The first-order chi connectivity index (χ1) is 7.97. The van der Waals surface area contributed by atoms with Crippen LogP contribution in [0.5, 0.6) is 5.75 Å². The van der Waals surface area contributed by atoms with Gasteiger partial charge in [0.15, 0.2) is 6.29 Å². The van der Waals surface area contributed by atoms with E-state index in [9.17, 15) is 18.0 Å². The molecule has 2 aromatic rings. The zero-order valence-electron chi connectivity index (χ0n) is 8.76. The van der Waals surface area contributed by atoms with Crippen LogP contribution in [0.25, 0.3) is 10.9 Å². The van der Waals surface area contributed by atoms with Crippen molar-refractivity contribution in [2.24, 2.45) is 0 Å². The fourth-order valence-electron chi connectivity index (χ4n) is 1.66. The smallest absolute Gasteiger partial charge is 0.420 e. The Morgan fingerprint density at radius 3 is 2.59 bits per heavy atom. The highest BCUT2D eigenvalue weighted by atomic mass is 19.4. The molecule has 0 spiro atoms. The number of carbonyl (C=O) groups excluding carboxylic acids is 1. The first-order valence-corrected chi connectivity index (χ1v) is 4.69. The van der Waals surface area contributed by atoms with Gasteiger partial charge in [-0.15, -0.1) is 0 Å². The molecule has 1 aromatic carbocycles. The van der Waals surface area contributed by atoms with Crippen LogP contribution in [-0.2, 0) is 6.18 Å². The molecule has 6 heteroatoms. The SMILES string of the molecule is COc1cc2c(C=O)c[nH]c2cc1C(F)(F)F. The molecule has 0 bridgehead atoms. The van der Waals surface area contributed by atoms with Crippen molar-refractivity contribution in [2.75, 3.05) is 7.11 Å². The van der Waals surface area contributed by atoms with Gasteiger partial charge in [0, 0.05) is 22.7 Å². The first-order valence-electron chi connectivity index (χ1n) is 4.69. The molecule has 0 radical (unpaired) electrons. The molecule has 0 aliphatic carbocycles. The molecular weight excluding hydrogens is 235 g/mol. The van der Waals surface area contributed by atoms with Gasteiger partial charge in [0.05, 0.1) is 12.7 Å². The molecule has 0 amide bonds. The molecule has 0 saturated carbocycles. The standard InChI is InChI=1S/C11H8F3NO2/c1-17-10-2-7-6(5-16)4-15-9(7)3-8(10)11(12,13)14/h2-5,15H,1H3. The molecule has 0 aliphatic heterocycles. The number of hydrogen-bond acceptors (Lipinski definition) is 2. The number of fused-ring (bicyclic) bond motifs is 1. The summed E-state index contributed by atoms with van der Waals surface area (Å²) in [6.45, 7) is 0. The van der Waals surface area contributed by atoms with Crippen LogP contribution in [0.2, 0.25) is 0 Å². The van der Waals surface area contributed by atoms with Gasteiger partial charge >= 0.3 is 6.18 Å². The summed E-state index contributed by atoms with van der Waals surface area (Å²) in [5, 5.41) is 0.407. The Morgan fingerprint density at radius 2 is 2.06 bits per heavy atom. The Hall–Kier alpha value is -1.98. The van der Waals surface area contributed by atoms with Gasteiger partial charge in [0.1, 0.15) is 5.75 Å². The van der Waals surface area contributed by atoms with Crippen LogP contribution >= 0.6 is 0 Å². The van der Waals surface area contributed by atoms with Gasteiger partial charge < -0.3 is 9.72 Å². The van der Waals surface area contributed by atoms with E-state index in [0.717, 1.165) is 13.2 Å². The monoisotopic (exact) mass is 243 g/mol. The van der Waals surface area contributed by atoms with Gasteiger partial charge in [0.2, 0.25) is 0 Å². The summed E-state index contributed by atoms with van der Waals surface area (Å²) < 4.78 is 42.8. The van der Waals surface area contributed by atoms with Crippen LogP contribution in [0.1, 0.15) is 15.9 Å². The van der Waals surface area contributed by atoms with Gasteiger partial charge in [-0.1, -0.05) is 0 Å². The summed E-state index contributed by atoms with van der Waals surface area (Å²) in [6.07, 6.45) is -2.56. The molecule has 17 heavy (non-hydrogen) atoms. The Balaban J connectivity index is 2.75. The molecule has 0 unspecified atom stereocenters. The summed E-state index contributed by atoms with van der Waals surface area (Å²) in [5.74, 6) is -0.298. The molecule has 0 aliphatic rings. The van der Waals surface area contributed by atoms with Gasteiger partial charge in [-0.25, -0.2) is 0 Å². The minimum absolute atomic E-state index is 0.250.